The minimum absolute atomic E-state index is 0.0211. The zero-order chi connectivity index (χ0) is 16.7. The molecule has 0 aliphatic carbocycles. The van der Waals surface area contributed by atoms with Crippen LogP contribution >= 0.6 is 0 Å². The molecule has 1 aromatic heterocycles. The third-order valence-corrected chi connectivity index (χ3v) is 5.27. The first kappa shape index (κ1) is 15.5. The van der Waals surface area contributed by atoms with Gasteiger partial charge in [-0.05, 0) is 26.2 Å². The fourth-order valence-electron chi connectivity index (χ4n) is 4.11. The lowest BCUT2D eigenvalue weighted by atomic mass is 10.00. The van der Waals surface area contributed by atoms with E-state index in [1.54, 1.807) is 6.20 Å². The number of aromatic nitrogens is 2. The number of amides is 2. The van der Waals surface area contributed by atoms with Crippen molar-refractivity contribution in [2.24, 2.45) is 0 Å². The van der Waals surface area contributed by atoms with Crippen molar-refractivity contribution in [1.29, 1.82) is 0 Å². The Balaban J connectivity index is 1.59. The van der Waals surface area contributed by atoms with Crippen LogP contribution in [-0.2, 0) is 9.53 Å². The molecule has 2 amide bonds. The van der Waals surface area contributed by atoms with Gasteiger partial charge in [-0.3, -0.25) is 14.6 Å². The minimum atomic E-state index is -0.114. The maximum absolute atomic E-state index is 12.9. The van der Waals surface area contributed by atoms with Crippen molar-refractivity contribution in [1.82, 2.24) is 19.8 Å². The quantitative estimate of drug-likeness (QED) is 0.801. The van der Waals surface area contributed by atoms with Crippen LogP contribution in [0.25, 0.3) is 0 Å². The molecule has 0 N–H and O–H groups in total. The van der Waals surface area contributed by atoms with Gasteiger partial charge >= 0.3 is 0 Å². The van der Waals surface area contributed by atoms with Gasteiger partial charge in [-0.15, -0.1) is 0 Å². The molecule has 0 bridgehead atoms. The van der Waals surface area contributed by atoms with Crippen LogP contribution in [0.2, 0.25) is 0 Å². The highest BCUT2D eigenvalue weighted by atomic mass is 16.5. The van der Waals surface area contributed by atoms with Crippen LogP contribution in [-0.4, -0.2) is 69.5 Å². The third kappa shape index (κ3) is 2.56. The molecule has 3 saturated heterocycles. The predicted octanol–water partition coefficient (Wildman–Crippen LogP) is 0.779. The zero-order valence-corrected chi connectivity index (χ0v) is 13.9. The molecular weight excluding hydrogens is 308 g/mol. The topological polar surface area (TPSA) is 75.6 Å². The maximum atomic E-state index is 12.9. The molecule has 128 valence electrons. The normalized spacial score (nSPS) is 29.9. The number of carbonyl (C=O) groups excluding carboxylic acids is 2. The van der Waals surface area contributed by atoms with Crippen LogP contribution in [0.5, 0.6) is 0 Å². The number of ether oxygens (including phenoxy) is 1. The molecule has 0 radical (unpaired) electrons. The van der Waals surface area contributed by atoms with Crippen LogP contribution in [0.3, 0.4) is 0 Å². The number of rotatable bonds is 2. The van der Waals surface area contributed by atoms with Crippen molar-refractivity contribution in [3.05, 3.63) is 23.8 Å². The van der Waals surface area contributed by atoms with E-state index in [0.717, 1.165) is 31.5 Å². The minimum Gasteiger partial charge on any atom is -0.374 e. The molecule has 0 saturated carbocycles. The van der Waals surface area contributed by atoms with Crippen LogP contribution in [0.1, 0.15) is 41.9 Å². The van der Waals surface area contributed by atoms with Gasteiger partial charge < -0.3 is 14.5 Å². The Kier molecular flexibility index (Phi) is 3.96. The fourth-order valence-corrected chi connectivity index (χ4v) is 4.11. The van der Waals surface area contributed by atoms with E-state index in [4.69, 9.17) is 4.74 Å². The Morgan fingerprint density at radius 2 is 2.12 bits per heavy atom. The van der Waals surface area contributed by atoms with Gasteiger partial charge in [-0.25, -0.2) is 4.98 Å². The summed E-state index contributed by atoms with van der Waals surface area (Å²) in [4.78, 5) is 37.2. The summed E-state index contributed by atoms with van der Waals surface area (Å²) in [6, 6.07) is -0.0135. The van der Waals surface area contributed by atoms with E-state index < -0.39 is 0 Å². The molecule has 7 heteroatoms. The van der Waals surface area contributed by atoms with E-state index in [1.807, 2.05) is 16.7 Å². The van der Waals surface area contributed by atoms with E-state index in [2.05, 4.69) is 9.97 Å². The molecule has 3 fully saturated rings. The Morgan fingerprint density at radius 3 is 2.83 bits per heavy atom. The Bertz CT molecular complexity index is 648. The lowest BCUT2D eigenvalue weighted by Crippen LogP contribution is -2.48. The highest BCUT2D eigenvalue weighted by molar-refractivity contribution is 5.92. The fraction of sp³-hybridized carbons (Fsp3) is 0.647. The first-order valence-electron chi connectivity index (χ1n) is 8.66. The summed E-state index contributed by atoms with van der Waals surface area (Å²) >= 11 is 0. The van der Waals surface area contributed by atoms with Crippen LogP contribution in [0, 0.1) is 6.92 Å². The second kappa shape index (κ2) is 6.12. The lowest BCUT2D eigenvalue weighted by Gasteiger charge is -2.34. The summed E-state index contributed by atoms with van der Waals surface area (Å²) in [5, 5.41) is 0. The maximum Gasteiger partial charge on any atom is 0.274 e. The van der Waals surface area contributed by atoms with Gasteiger partial charge in [0.05, 0.1) is 30.1 Å². The van der Waals surface area contributed by atoms with E-state index in [1.165, 1.54) is 6.20 Å². The van der Waals surface area contributed by atoms with Crippen molar-refractivity contribution in [3.8, 4) is 0 Å². The van der Waals surface area contributed by atoms with Crippen molar-refractivity contribution in [2.75, 3.05) is 19.7 Å². The first-order chi connectivity index (χ1) is 11.6. The van der Waals surface area contributed by atoms with E-state index in [-0.39, 0.29) is 30.0 Å². The number of hydrogen-bond acceptors (Lipinski definition) is 5. The summed E-state index contributed by atoms with van der Waals surface area (Å²) < 4.78 is 5.99. The molecule has 4 heterocycles. The molecular formula is C17H22N4O3. The van der Waals surface area contributed by atoms with Crippen molar-refractivity contribution in [3.63, 3.8) is 0 Å². The molecule has 3 aliphatic rings. The summed E-state index contributed by atoms with van der Waals surface area (Å²) in [5.41, 5.74) is 1.14. The molecule has 0 aromatic carbocycles. The van der Waals surface area contributed by atoms with Crippen LogP contribution in [0.4, 0.5) is 0 Å². The lowest BCUT2D eigenvalue weighted by molar-refractivity contribution is -0.132. The van der Waals surface area contributed by atoms with Gasteiger partial charge in [0.2, 0.25) is 5.91 Å². The summed E-state index contributed by atoms with van der Waals surface area (Å²) in [6.45, 7) is 3.83. The molecule has 4 rings (SSSR count). The molecule has 7 nitrogen and oxygen atoms in total. The van der Waals surface area contributed by atoms with Gasteiger partial charge in [0.25, 0.3) is 5.91 Å². The number of nitrogens with zero attached hydrogens (tertiary/aromatic N) is 4. The molecule has 0 unspecified atom stereocenters. The molecule has 0 spiro atoms. The first-order valence-corrected chi connectivity index (χ1v) is 8.66. The average molecular weight is 330 g/mol. The molecule has 24 heavy (non-hydrogen) atoms. The average Bonchev–Trinajstić information content (AvgIpc) is 3.18. The van der Waals surface area contributed by atoms with Gasteiger partial charge in [0.15, 0.2) is 0 Å². The number of likely N-dealkylation sites (tertiary alicyclic amines) is 2. The number of fused-ring (bicyclic) bond motifs is 1. The Hall–Kier alpha value is -2.02. The van der Waals surface area contributed by atoms with Gasteiger partial charge in [-0.1, -0.05) is 0 Å². The SMILES string of the molecule is Cc1cnc(C(=O)N2C[C@H](N3CCCC3=O)[C@@H]3OCCC[C@@H]32)cn1. The van der Waals surface area contributed by atoms with E-state index in [9.17, 15) is 9.59 Å². The summed E-state index contributed by atoms with van der Waals surface area (Å²) in [5.74, 6) is 0.0643. The van der Waals surface area contributed by atoms with E-state index in [0.29, 0.717) is 25.3 Å². The van der Waals surface area contributed by atoms with Crippen molar-refractivity contribution >= 4 is 11.8 Å². The predicted molar refractivity (Wildman–Crippen MR) is 85.3 cm³/mol. The van der Waals surface area contributed by atoms with Crippen LogP contribution < -0.4 is 0 Å². The van der Waals surface area contributed by atoms with Crippen molar-refractivity contribution in [2.45, 2.75) is 50.8 Å². The second-order valence-corrected chi connectivity index (χ2v) is 6.80. The number of hydrogen-bond donors (Lipinski definition) is 0. The Labute approximate surface area is 141 Å². The highest BCUT2D eigenvalue weighted by Crippen LogP contribution is 2.34. The molecule has 3 aliphatic heterocycles. The standard InChI is InChI=1S/C17H22N4O3/c1-11-8-19-12(9-18-11)17(23)21-10-14(20-6-2-5-15(20)22)16-13(21)4-3-7-24-16/h8-9,13-14,16H,2-7,10H2,1H3/t13-,14-,16+/m0/s1. The number of aryl methyl sites for hydroxylation is 1. The van der Waals surface area contributed by atoms with Gasteiger partial charge in [-0.2, -0.15) is 0 Å². The second-order valence-electron chi connectivity index (χ2n) is 6.80. The molecule has 1 aromatic rings. The smallest absolute Gasteiger partial charge is 0.274 e. The third-order valence-electron chi connectivity index (χ3n) is 5.27. The summed E-state index contributed by atoms with van der Waals surface area (Å²) in [7, 11) is 0. The van der Waals surface area contributed by atoms with Crippen molar-refractivity contribution < 1.29 is 14.3 Å². The van der Waals surface area contributed by atoms with Crippen LogP contribution in [0.15, 0.2) is 12.4 Å². The summed E-state index contributed by atoms with van der Waals surface area (Å²) in [6.07, 6.45) is 6.40. The largest absolute Gasteiger partial charge is 0.374 e. The van der Waals surface area contributed by atoms with Gasteiger partial charge in [0, 0.05) is 32.3 Å². The Morgan fingerprint density at radius 1 is 1.25 bits per heavy atom. The zero-order valence-electron chi connectivity index (χ0n) is 13.9. The van der Waals surface area contributed by atoms with E-state index >= 15 is 0 Å². The highest BCUT2D eigenvalue weighted by Gasteiger charge is 2.50. The van der Waals surface area contributed by atoms with Gasteiger partial charge in [0.1, 0.15) is 5.69 Å². The number of carbonyl (C=O) groups is 2. The monoisotopic (exact) mass is 330 g/mol. The molecule has 3 atom stereocenters.